The van der Waals surface area contributed by atoms with Crippen LogP contribution in [0, 0.1) is 5.92 Å². The van der Waals surface area contributed by atoms with Gasteiger partial charge in [-0.25, -0.2) is 0 Å². The van der Waals surface area contributed by atoms with Crippen LogP contribution in [0.15, 0.2) is 0 Å². The minimum absolute atomic E-state index is 0.313. The molecule has 1 rings (SSSR count). The van der Waals surface area contributed by atoms with Crippen LogP contribution in [0.2, 0.25) is 0 Å². The summed E-state index contributed by atoms with van der Waals surface area (Å²) in [6.07, 6.45) is 3.76. The third-order valence-electron chi connectivity index (χ3n) is 3.41. The SMILES string of the molecule is CCNC(CC)C(C)OCC1CCOCC1. The van der Waals surface area contributed by atoms with Crippen molar-refractivity contribution in [1.29, 1.82) is 0 Å². The van der Waals surface area contributed by atoms with Gasteiger partial charge in [0.2, 0.25) is 0 Å². The van der Waals surface area contributed by atoms with Crippen molar-refractivity contribution in [2.45, 2.75) is 52.2 Å². The highest BCUT2D eigenvalue weighted by atomic mass is 16.5. The van der Waals surface area contributed by atoms with E-state index in [0.717, 1.165) is 45.6 Å². The number of hydrogen-bond acceptors (Lipinski definition) is 3. The molecule has 0 saturated carbocycles. The predicted molar refractivity (Wildman–Crippen MR) is 66.7 cm³/mol. The average molecular weight is 229 g/mol. The lowest BCUT2D eigenvalue weighted by Crippen LogP contribution is -2.40. The van der Waals surface area contributed by atoms with Crippen molar-refractivity contribution < 1.29 is 9.47 Å². The Hall–Kier alpha value is -0.120. The first-order valence-electron chi connectivity index (χ1n) is 6.70. The molecule has 1 heterocycles. The van der Waals surface area contributed by atoms with E-state index in [0.29, 0.717) is 18.1 Å². The molecule has 1 fully saturated rings. The zero-order chi connectivity index (χ0) is 11.8. The highest BCUT2D eigenvalue weighted by molar-refractivity contribution is 4.72. The first-order valence-corrected chi connectivity index (χ1v) is 6.70. The van der Waals surface area contributed by atoms with Crippen molar-refractivity contribution in [1.82, 2.24) is 5.32 Å². The molecule has 0 aliphatic carbocycles. The van der Waals surface area contributed by atoms with Crippen LogP contribution in [0.5, 0.6) is 0 Å². The molecule has 0 radical (unpaired) electrons. The molecule has 0 aromatic rings. The lowest BCUT2D eigenvalue weighted by molar-refractivity contribution is -0.0172. The Morgan fingerprint density at radius 2 is 2.00 bits per heavy atom. The lowest BCUT2D eigenvalue weighted by Gasteiger charge is -2.27. The second kappa shape index (κ2) is 8.04. The largest absolute Gasteiger partial charge is 0.381 e. The zero-order valence-corrected chi connectivity index (χ0v) is 11.0. The number of ether oxygens (including phenoxy) is 2. The molecule has 1 N–H and O–H groups in total. The smallest absolute Gasteiger partial charge is 0.0699 e. The number of hydrogen-bond donors (Lipinski definition) is 1. The second-order valence-corrected chi connectivity index (χ2v) is 4.67. The van der Waals surface area contributed by atoms with E-state index in [4.69, 9.17) is 9.47 Å². The van der Waals surface area contributed by atoms with E-state index < -0.39 is 0 Å². The van der Waals surface area contributed by atoms with Crippen LogP contribution in [0.3, 0.4) is 0 Å². The Balaban J connectivity index is 2.18. The maximum absolute atomic E-state index is 5.97. The maximum Gasteiger partial charge on any atom is 0.0699 e. The van der Waals surface area contributed by atoms with Crippen LogP contribution in [0.4, 0.5) is 0 Å². The van der Waals surface area contributed by atoms with Crippen LogP contribution in [-0.2, 0) is 9.47 Å². The zero-order valence-electron chi connectivity index (χ0n) is 11.0. The molecule has 0 aromatic carbocycles. The second-order valence-electron chi connectivity index (χ2n) is 4.67. The summed E-state index contributed by atoms with van der Waals surface area (Å²) >= 11 is 0. The molecule has 0 aromatic heterocycles. The van der Waals surface area contributed by atoms with E-state index in [-0.39, 0.29) is 0 Å². The van der Waals surface area contributed by atoms with E-state index in [1.807, 2.05) is 0 Å². The van der Waals surface area contributed by atoms with Crippen molar-refractivity contribution in [2.75, 3.05) is 26.4 Å². The molecule has 3 nitrogen and oxygen atoms in total. The topological polar surface area (TPSA) is 30.5 Å². The monoisotopic (exact) mass is 229 g/mol. The van der Waals surface area contributed by atoms with Crippen LogP contribution >= 0.6 is 0 Å². The molecule has 2 unspecified atom stereocenters. The quantitative estimate of drug-likeness (QED) is 0.726. The van der Waals surface area contributed by atoms with Crippen LogP contribution < -0.4 is 5.32 Å². The number of likely N-dealkylation sites (N-methyl/N-ethyl adjacent to an activating group) is 1. The summed E-state index contributed by atoms with van der Waals surface area (Å²) in [5.41, 5.74) is 0. The minimum atomic E-state index is 0.313. The summed E-state index contributed by atoms with van der Waals surface area (Å²) in [5.74, 6) is 0.704. The third-order valence-corrected chi connectivity index (χ3v) is 3.41. The fourth-order valence-electron chi connectivity index (χ4n) is 2.22. The molecule has 0 bridgehead atoms. The highest BCUT2D eigenvalue weighted by Crippen LogP contribution is 2.16. The lowest BCUT2D eigenvalue weighted by atomic mass is 10.0. The summed E-state index contributed by atoms with van der Waals surface area (Å²) < 4.78 is 11.3. The molecule has 2 atom stereocenters. The first-order chi connectivity index (χ1) is 7.77. The molecular formula is C13H27NO2. The standard InChI is InChI=1S/C13H27NO2/c1-4-13(14-5-2)11(3)16-10-12-6-8-15-9-7-12/h11-14H,4-10H2,1-3H3. The molecule has 0 amide bonds. The van der Waals surface area contributed by atoms with Crippen molar-refractivity contribution in [3.8, 4) is 0 Å². The van der Waals surface area contributed by atoms with Gasteiger partial charge in [-0.05, 0) is 38.6 Å². The van der Waals surface area contributed by atoms with Crippen molar-refractivity contribution in [2.24, 2.45) is 5.92 Å². The molecule has 1 aliphatic heterocycles. The van der Waals surface area contributed by atoms with Gasteiger partial charge in [0.15, 0.2) is 0 Å². The Morgan fingerprint density at radius 3 is 2.56 bits per heavy atom. The van der Waals surface area contributed by atoms with Crippen molar-refractivity contribution in [3.05, 3.63) is 0 Å². The van der Waals surface area contributed by atoms with Gasteiger partial charge in [-0.3, -0.25) is 0 Å². The van der Waals surface area contributed by atoms with Gasteiger partial charge in [0, 0.05) is 25.9 Å². The summed E-state index contributed by atoms with van der Waals surface area (Å²) in [7, 11) is 0. The van der Waals surface area contributed by atoms with Gasteiger partial charge in [-0.15, -0.1) is 0 Å². The summed E-state index contributed by atoms with van der Waals surface area (Å²) in [6.45, 7) is 10.3. The Bertz CT molecular complexity index is 169. The number of nitrogens with one attached hydrogen (secondary N) is 1. The van der Waals surface area contributed by atoms with E-state index in [1.54, 1.807) is 0 Å². The molecule has 0 spiro atoms. The Kier molecular flexibility index (Phi) is 7.01. The van der Waals surface area contributed by atoms with Crippen molar-refractivity contribution in [3.63, 3.8) is 0 Å². The van der Waals surface area contributed by atoms with E-state index in [9.17, 15) is 0 Å². The van der Waals surface area contributed by atoms with Crippen LogP contribution in [0.25, 0.3) is 0 Å². The van der Waals surface area contributed by atoms with Gasteiger partial charge in [-0.1, -0.05) is 13.8 Å². The summed E-state index contributed by atoms with van der Waals surface area (Å²) in [6, 6.07) is 0.491. The molecule has 1 saturated heterocycles. The minimum Gasteiger partial charge on any atom is -0.381 e. The number of rotatable bonds is 7. The van der Waals surface area contributed by atoms with Crippen molar-refractivity contribution >= 4 is 0 Å². The van der Waals surface area contributed by atoms with E-state index in [1.165, 1.54) is 0 Å². The van der Waals surface area contributed by atoms with Crippen LogP contribution in [-0.4, -0.2) is 38.5 Å². The molecule has 3 heteroatoms. The molecular weight excluding hydrogens is 202 g/mol. The Morgan fingerprint density at radius 1 is 1.31 bits per heavy atom. The average Bonchev–Trinajstić information content (AvgIpc) is 2.34. The van der Waals surface area contributed by atoms with Gasteiger partial charge < -0.3 is 14.8 Å². The van der Waals surface area contributed by atoms with Gasteiger partial charge in [0.1, 0.15) is 0 Å². The molecule has 1 aliphatic rings. The highest BCUT2D eigenvalue weighted by Gasteiger charge is 2.18. The van der Waals surface area contributed by atoms with Gasteiger partial charge in [0.05, 0.1) is 6.10 Å². The third kappa shape index (κ3) is 4.81. The normalized spacial score (nSPS) is 21.9. The summed E-state index contributed by atoms with van der Waals surface area (Å²) in [4.78, 5) is 0. The van der Waals surface area contributed by atoms with Gasteiger partial charge >= 0.3 is 0 Å². The van der Waals surface area contributed by atoms with Crippen LogP contribution in [0.1, 0.15) is 40.0 Å². The molecule has 96 valence electrons. The fourth-order valence-corrected chi connectivity index (χ4v) is 2.22. The van der Waals surface area contributed by atoms with E-state index in [2.05, 4.69) is 26.1 Å². The predicted octanol–water partition coefficient (Wildman–Crippen LogP) is 2.21. The van der Waals surface area contributed by atoms with Gasteiger partial charge in [0.25, 0.3) is 0 Å². The Labute approximate surface area is 99.9 Å². The fraction of sp³-hybridized carbons (Fsp3) is 1.00. The van der Waals surface area contributed by atoms with E-state index >= 15 is 0 Å². The van der Waals surface area contributed by atoms with Gasteiger partial charge in [-0.2, -0.15) is 0 Å². The maximum atomic E-state index is 5.97. The first kappa shape index (κ1) is 13.9. The summed E-state index contributed by atoms with van der Waals surface area (Å²) in [5, 5.41) is 3.47. The molecule has 16 heavy (non-hydrogen) atoms.